The smallest absolute Gasteiger partial charge is 0.358 e. The number of hydrogen-bond donors (Lipinski definition) is 1. The first kappa shape index (κ1) is 13.3. The lowest BCUT2D eigenvalue weighted by Gasteiger charge is -2.33. The summed E-state index contributed by atoms with van der Waals surface area (Å²) < 4.78 is 10.4. The van der Waals surface area contributed by atoms with Gasteiger partial charge in [-0.25, -0.2) is 4.79 Å². The highest BCUT2D eigenvalue weighted by Gasteiger charge is 2.37. The molecule has 0 bridgehead atoms. The first-order valence-electron chi connectivity index (χ1n) is 7.08. The molecular weight excluding hydrogens is 258 g/mol. The van der Waals surface area contributed by atoms with Gasteiger partial charge in [0.05, 0.1) is 13.2 Å². The highest BCUT2D eigenvalue weighted by atomic mass is 16.5. The average Bonchev–Trinajstić information content (AvgIpc) is 2.97. The Hall–Kier alpha value is -1.69. The number of esters is 1. The number of carbonyl (C=O) groups is 1. The van der Waals surface area contributed by atoms with Crippen LogP contribution >= 0.6 is 0 Å². The van der Waals surface area contributed by atoms with Gasteiger partial charge in [-0.1, -0.05) is 0 Å². The molecule has 20 heavy (non-hydrogen) atoms. The van der Waals surface area contributed by atoms with Gasteiger partial charge in [-0.05, 0) is 37.8 Å². The number of nitrogens with zero attached hydrogens (tertiary/aromatic N) is 2. The Morgan fingerprint density at radius 2 is 2.25 bits per heavy atom. The van der Waals surface area contributed by atoms with E-state index < -0.39 is 5.97 Å². The molecule has 0 spiro atoms. The molecule has 1 aromatic rings. The van der Waals surface area contributed by atoms with Crippen molar-refractivity contribution < 1.29 is 14.3 Å². The Bertz CT molecular complexity index is 477. The van der Waals surface area contributed by atoms with E-state index in [2.05, 4.69) is 20.3 Å². The quantitative estimate of drug-likeness (QED) is 0.847. The maximum absolute atomic E-state index is 11.3. The summed E-state index contributed by atoms with van der Waals surface area (Å²) in [6, 6.07) is 3.79. The standard InChI is InChI=1S/C14H19N3O3/c1-19-14(18)11-5-6-13(17-16-11)15-10-3-2-4-12-9(10)7-8-20-12/h5-6,9-10,12H,2-4,7-8H2,1H3,(H,15,17). The second-order valence-electron chi connectivity index (χ2n) is 5.34. The van der Waals surface area contributed by atoms with Crippen molar-refractivity contribution in [3.05, 3.63) is 17.8 Å². The molecule has 108 valence electrons. The summed E-state index contributed by atoms with van der Waals surface area (Å²) in [5.41, 5.74) is 0.226. The van der Waals surface area contributed by atoms with Crippen LogP contribution in [-0.2, 0) is 9.47 Å². The summed E-state index contributed by atoms with van der Waals surface area (Å²) in [4.78, 5) is 11.3. The molecule has 0 amide bonds. The van der Waals surface area contributed by atoms with Crippen LogP contribution in [0.1, 0.15) is 36.2 Å². The van der Waals surface area contributed by atoms with E-state index >= 15 is 0 Å². The van der Waals surface area contributed by atoms with Crippen molar-refractivity contribution >= 4 is 11.8 Å². The molecule has 2 fully saturated rings. The van der Waals surface area contributed by atoms with Crippen molar-refractivity contribution in [3.8, 4) is 0 Å². The minimum Gasteiger partial charge on any atom is -0.464 e. The van der Waals surface area contributed by atoms with Crippen LogP contribution in [0, 0.1) is 5.92 Å². The first-order chi connectivity index (χ1) is 9.78. The van der Waals surface area contributed by atoms with Gasteiger partial charge in [-0.15, -0.1) is 10.2 Å². The van der Waals surface area contributed by atoms with Crippen molar-refractivity contribution in [2.45, 2.75) is 37.8 Å². The Labute approximate surface area is 117 Å². The predicted molar refractivity (Wildman–Crippen MR) is 72.5 cm³/mol. The van der Waals surface area contributed by atoms with E-state index in [1.165, 1.54) is 13.5 Å². The summed E-state index contributed by atoms with van der Waals surface area (Å²) in [5.74, 6) is 0.798. The van der Waals surface area contributed by atoms with Gasteiger partial charge in [0.25, 0.3) is 0 Å². The van der Waals surface area contributed by atoms with Gasteiger partial charge >= 0.3 is 5.97 Å². The highest BCUT2D eigenvalue weighted by Crippen LogP contribution is 2.35. The monoisotopic (exact) mass is 277 g/mol. The second-order valence-corrected chi connectivity index (χ2v) is 5.34. The Morgan fingerprint density at radius 1 is 1.35 bits per heavy atom. The molecule has 3 atom stereocenters. The molecule has 1 N–H and O–H groups in total. The molecule has 2 heterocycles. The van der Waals surface area contributed by atoms with Crippen LogP contribution < -0.4 is 5.32 Å². The topological polar surface area (TPSA) is 73.3 Å². The predicted octanol–water partition coefficient (Wildman–Crippen LogP) is 1.63. The maximum Gasteiger partial charge on any atom is 0.358 e. The molecule has 6 nitrogen and oxygen atoms in total. The number of rotatable bonds is 3. The molecule has 3 rings (SSSR count). The van der Waals surface area contributed by atoms with E-state index in [0.29, 0.717) is 23.9 Å². The lowest BCUT2D eigenvalue weighted by Crippen LogP contribution is -2.38. The van der Waals surface area contributed by atoms with Gasteiger partial charge in [-0.3, -0.25) is 0 Å². The van der Waals surface area contributed by atoms with Crippen molar-refractivity contribution in [1.29, 1.82) is 0 Å². The fourth-order valence-electron chi connectivity index (χ4n) is 3.17. The molecule has 0 aromatic carbocycles. The minimum atomic E-state index is -0.467. The SMILES string of the molecule is COC(=O)c1ccc(NC2CCCC3OCCC23)nn1. The molecule has 1 aromatic heterocycles. The fourth-order valence-corrected chi connectivity index (χ4v) is 3.17. The van der Waals surface area contributed by atoms with Crippen molar-refractivity contribution in [3.63, 3.8) is 0 Å². The molecule has 1 aliphatic heterocycles. The van der Waals surface area contributed by atoms with Gasteiger partial charge in [0.1, 0.15) is 5.82 Å². The van der Waals surface area contributed by atoms with E-state index in [0.717, 1.165) is 25.9 Å². The number of hydrogen-bond acceptors (Lipinski definition) is 6. The zero-order chi connectivity index (χ0) is 13.9. The Morgan fingerprint density at radius 3 is 3.00 bits per heavy atom. The second kappa shape index (κ2) is 5.75. The van der Waals surface area contributed by atoms with Crippen LogP contribution in [0.3, 0.4) is 0 Å². The van der Waals surface area contributed by atoms with Crippen LogP contribution in [0.25, 0.3) is 0 Å². The summed E-state index contributed by atoms with van der Waals surface area (Å²) >= 11 is 0. The third kappa shape index (κ3) is 2.60. The summed E-state index contributed by atoms with van der Waals surface area (Å²) in [7, 11) is 1.33. The van der Waals surface area contributed by atoms with Gasteiger partial charge in [0, 0.05) is 18.6 Å². The number of nitrogens with one attached hydrogen (secondary N) is 1. The molecular formula is C14H19N3O3. The molecule has 6 heteroatoms. The summed E-state index contributed by atoms with van der Waals surface area (Å²) in [5, 5.41) is 11.4. The van der Waals surface area contributed by atoms with Crippen LogP contribution in [0.5, 0.6) is 0 Å². The molecule has 1 saturated heterocycles. The largest absolute Gasteiger partial charge is 0.464 e. The normalized spacial score (nSPS) is 28.8. The van der Waals surface area contributed by atoms with E-state index in [4.69, 9.17) is 4.74 Å². The Kier molecular flexibility index (Phi) is 3.82. The highest BCUT2D eigenvalue weighted by molar-refractivity contribution is 5.86. The number of anilines is 1. The Balaban J connectivity index is 1.66. The molecule has 3 unspecified atom stereocenters. The number of ether oxygens (including phenoxy) is 2. The third-order valence-electron chi connectivity index (χ3n) is 4.17. The van der Waals surface area contributed by atoms with Crippen LogP contribution in [0.15, 0.2) is 12.1 Å². The van der Waals surface area contributed by atoms with Gasteiger partial charge < -0.3 is 14.8 Å². The van der Waals surface area contributed by atoms with Crippen LogP contribution in [-0.4, -0.2) is 42.0 Å². The van der Waals surface area contributed by atoms with Crippen molar-refractivity contribution in [1.82, 2.24) is 10.2 Å². The fraction of sp³-hybridized carbons (Fsp3) is 0.643. The number of carbonyl (C=O) groups excluding carboxylic acids is 1. The average molecular weight is 277 g/mol. The van der Waals surface area contributed by atoms with E-state index in [1.807, 2.05) is 0 Å². The zero-order valence-corrected chi connectivity index (χ0v) is 11.5. The lowest BCUT2D eigenvalue weighted by atomic mass is 9.82. The number of methoxy groups -OCH3 is 1. The first-order valence-corrected chi connectivity index (χ1v) is 7.08. The number of aromatic nitrogens is 2. The van der Waals surface area contributed by atoms with Gasteiger partial charge in [0.15, 0.2) is 5.69 Å². The van der Waals surface area contributed by atoms with Gasteiger partial charge in [0.2, 0.25) is 0 Å². The van der Waals surface area contributed by atoms with E-state index in [-0.39, 0.29) is 5.69 Å². The molecule has 0 radical (unpaired) electrons. The van der Waals surface area contributed by atoms with E-state index in [1.54, 1.807) is 12.1 Å². The molecule has 1 aliphatic carbocycles. The lowest BCUT2D eigenvalue weighted by molar-refractivity contribution is 0.0592. The van der Waals surface area contributed by atoms with Gasteiger partial charge in [-0.2, -0.15) is 0 Å². The maximum atomic E-state index is 11.3. The summed E-state index contributed by atoms with van der Waals surface area (Å²) in [6.45, 7) is 0.862. The minimum absolute atomic E-state index is 0.226. The number of fused-ring (bicyclic) bond motifs is 1. The zero-order valence-electron chi connectivity index (χ0n) is 11.5. The summed E-state index contributed by atoms with van der Waals surface area (Å²) in [6.07, 6.45) is 4.96. The van der Waals surface area contributed by atoms with Crippen LogP contribution in [0.2, 0.25) is 0 Å². The molecule has 2 aliphatic rings. The van der Waals surface area contributed by atoms with Crippen molar-refractivity contribution in [2.75, 3.05) is 19.0 Å². The van der Waals surface area contributed by atoms with Crippen molar-refractivity contribution in [2.24, 2.45) is 5.92 Å². The van der Waals surface area contributed by atoms with Crippen LogP contribution in [0.4, 0.5) is 5.82 Å². The van der Waals surface area contributed by atoms with E-state index in [9.17, 15) is 4.79 Å². The third-order valence-corrected chi connectivity index (χ3v) is 4.17. The molecule has 1 saturated carbocycles.